The lowest BCUT2D eigenvalue weighted by molar-refractivity contribution is -0.141. The summed E-state index contributed by atoms with van der Waals surface area (Å²) in [7, 11) is 1.81. The van der Waals surface area contributed by atoms with Gasteiger partial charge in [-0.3, -0.25) is 9.59 Å². The molecule has 0 aliphatic rings. The van der Waals surface area contributed by atoms with E-state index in [9.17, 15) is 9.59 Å². The first kappa shape index (κ1) is 13.3. The van der Waals surface area contributed by atoms with Crippen molar-refractivity contribution in [3.63, 3.8) is 0 Å². The molecule has 0 aliphatic heterocycles. The number of carbonyl (C=O) groups is 2. The molecule has 1 rings (SSSR count). The van der Waals surface area contributed by atoms with Crippen LogP contribution in [0.1, 0.15) is 30.3 Å². The van der Waals surface area contributed by atoms with Crippen LogP contribution < -0.4 is 5.32 Å². The smallest absolute Gasteiger partial charge is 0.306 e. The minimum atomic E-state index is -0.793. The first-order valence-electron chi connectivity index (χ1n) is 5.64. The molecule has 1 heterocycles. The maximum Gasteiger partial charge on any atom is 0.306 e. The summed E-state index contributed by atoms with van der Waals surface area (Å²) in [4.78, 5) is 22.2. The fourth-order valence-electron chi connectivity index (χ4n) is 1.52. The number of carboxylic acids is 1. The summed E-state index contributed by atoms with van der Waals surface area (Å²) in [6.45, 7) is 2.17. The summed E-state index contributed by atoms with van der Waals surface area (Å²) in [5.41, 5.74) is 0.608. The standard InChI is InChI=1S/C12H18N2O3/c1-9(12(16)17)5-3-7-13-11(15)10-6-4-8-14(10)2/h4,6,8-9H,3,5,7H2,1-2H3,(H,13,15)(H,16,17). The van der Waals surface area contributed by atoms with Gasteiger partial charge in [-0.2, -0.15) is 0 Å². The summed E-state index contributed by atoms with van der Waals surface area (Å²) in [6, 6.07) is 3.55. The normalized spacial score (nSPS) is 12.1. The molecule has 5 nitrogen and oxygen atoms in total. The van der Waals surface area contributed by atoms with Gasteiger partial charge in [0.2, 0.25) is 0 Å². The molecule has 1 aromatic heterocycles. The lowest BCUT2D eigenvalue weighted by atomic mass is 10.1. The van der Waals surface area contributed by atoms with E-state index in [0.717, 1.165) is 0 Å². The van der Waals surface area contributed by atoms with Crippen LogP contribution in [0.2, 0.25) is 0 Å². The molecule has 0 saturated heterocycles. The Bertz CT molecular complexity index is 398. The molecule has 0 fully saturated rings. The predicted octanol–water partition coefficient (Wildman–Crippen LogP) is 1.26. The second-order valence-corrected chi connectivity index (χ2v) is 4.14. The number of rotatable bonds is 6. The Morgan fingerprint density at radius 1 is 1.53 bits per heavy atom. The number of carbonyl (C=O) groups excluding carboxylic acids is 1. The summed E-state index contributed by atoms with van der Waals surface area (Å²) in [6.07, 6.45) is 3.05. The first-order valence-corrected chi connectivity index (χ1v) is 5.64. The molecule has 1 atom stereocenters. The molecule has 0 aliphatic carbocycles. The maximum absolute atomic E-state index is 11.7. The largest absolute Gasteiger partial charge is 0.481 e. The molecule has 17 heavy (non-hydrogen) atoms. The van der Waals surface area contributed by atoms with E-state index in [0.29, 0.717) is 25.1 Å². The molecule has 0 saturated carbocycles. The Morgan fingerprint density at radius 3 is 2.76 bits per heavy atom. The van der Waals surface area contributed by atoms with Crippen molar-refractivity contribution in [3.05, 3.63) is 24.0 Å². The highest BCUT2D eigenvalue weighted by molar-refractivity contribution is 5.92. The monoisotopic (exact) mass is 238 g/mol. The van der Waals surface area contributed by atoms with Gasteiger partial charge >= 0.3 is 5.97 Å². The molecule has 0 aromatic carbocycles. The van der Waals surface area contributed by atoms with Crippen LogP contribution in [0.15, 0.2) is 18.3 Å². The summed E-state index contributed by atoms with van der Waals surface area (Å²) >= 11 is 0. The Kier molecular flexibility index (Phi) is 4.75. The Balaban J connectivity index is 2.26. The van der Waals surface area contributed by atoms with Crippen molar-refractivity contribution in [2.24, 2.45) is 13.0 Å². The number of nitrogens with zero attached hydrogens (tertiary/aromatic N) is 1. The lowest BCUT2D eigenvalue weighted by Gasteiger charge is -2.08. The minimum absolute atomic E-state index is 0.125. The molecular weight excluding hydrogens is 220 g/mol. The fourth-order valence-corrected chi connectivity index (χ4v) is 1.52. The number of aliphatic carboxylic acids is 1. The van der Waals surface area contributed by atoms with Gasteiger partial charge in [0, 0.05) is 19.8 Å². The van der Waals surface area contributed by atoms with Crippen molar-refractivity contribution >= 4 is 11.9 Å². The van der Waals surface area contributed by atoms with Crippen LogP contribution in [0.25, 0.3) is 0 Å². The summed E-state index contributed by atoms with van der Waals surface area (Å²) in [5.74, 6) is -1.28. The van der Waals surface area contributed by atoms with Crippen LogP contribution in [0.4, 0.5) is 0 Å². The quantitative estimate of drug-likeness (QED) is 0.733. The maximum atomic E-state index is 11.7. The molecule has 5 heteroatoms. The second kappa shape index (κ2) is 6.08. The molecule has 94 valence electrons. The average molecular weight is 238 g/mol. The third-order valence-electron chi connectivity index (χ3n) is 2.70. The average Bonchev–Trinajstić information content (AvgIpc) is 2.70. The molecule has 1 unspecified atom stereocenters. The minimum Gasteiger partial charge on any atom is -0.481 e. The van der Waals surface area contributed by atoms with E-state index in [1.807, 2.05) is 0 Å². The van der Waals surface area contributed by atoms with Gasteiger partial charge in [0.05, 0.1) is 5.92 Å². The number of carboxylic acid groups (broad SMARTS) is 1. The van der Waals surface area contributed by atoms with Gasteiger partial charge < -0.3 is 15.0 Å². The zero-order valence-electron chi connectivity index (χ0n) is 10.1. The molecule has 2 N–H and O–H groups in total. The molecule has 0 radical (unpaired) electrons. The van der Waals surface area contributed by atoms with Gasteiger partial charge in [-0.15, -0.1) is 0 Å². The van der Waals surface area contributed by atoms with Crippen molar-refractivity contribution in [3.8, 4) is 0 Å². The van der Waals surface area contributed by atoms with Gasteiger partial charge in [0.15, 0.2) is 0 Å². The second-order valence-electron chi connectivity index (χ2n) is 4.14. The van der Waals surface area contributed by atoms with Crippen LogP contribution in [0, 0.1) is 5.92 Å². The predicted molar refractivity (Wildman–Crippen MR) is 63.8 cm³/mol. The van der Waals surface area contributed by atoms with Gasteiger partial charge in [-0.1, -0.05) is 6.92 Å². The molecular formula is C12H18N2O3. The van der Waals surface area contributed by atoms with Gasteiger partial charge in [-0.05, 0) is 25.0 Å². The van der Waals surface area contributed by atoms with E-state index in [2.05, 4.69) is 5.32 Å². The van der Waals surface area contributed by atoms with E-state index in [4.69, 9.17) is 5.11 Å². The Labute approximate surface area is 100 Å². The van der Waals surface area contributed by atoms with Crippen LogP contribution in [0.3, 0.4) is 0 Å². The Morgan fingerprint density at radius 2 is 2.24 bits per heavy atom. The number of amides is 1. The molecule has 1 amide bonds. The highest BCUT2D eigenvalue weighted by Gasteiger charge is 2.11. The van der Waals surface area contributed by atoms with Gasteiger partial charge in [0.1, 0.15) is 5.69 Å². The number of hydrogen-bond acceptors (Lipinski definition) is 2. The van der Waals surface area contributed by atoms with Crippen molar-refractivity contribution in [1.82, 2.24) is 9.88 Å². The number of aryl methyl sites for hydroxylation is 1. The molecule has 1 aromatic rings. The fraction of sp³-hybridized carbons (Fsp3) is 0.500. The molecule has 0 spiro atoms. The topological polar surface area (TPSA) is 71.3 Å². The van der Waals surface area contributed by atoms with Gasteiger partial charge in [0.25, 0.3) is 5.91 Å². The summed E-state index contributed by atoms with van der Waals surface area (Å²) in [5, 5.41) is 11.5. The summed E-state index contributed by atoms with van der Waals surface area (Å²) < 4.78 is 1.75. The highest BCUT2D eigenvalue weighted by Crippen LogP contribution is 2.05. The lowest BCUT2D eigenvalue weighted by Crippen LogP contribution is -2.26. The van der Waals surface area contributed by atoms with Crippen LogP contribution >= 0.6 is 0 Å². The van der Waals surface area contributed by atoms with Crippen molar-refractivity contribution < 1.29 is 14.7 Å². The number of aromatic nitrogens is 1. The van der Waals surface area contributed by atoms with E-state index in [1.54, 1.807) is 36.9 Å². The SMILES string of the molecule is CC(CCCNC(=O)c1cccn1C)C(=O)O. The van der Waals surface area contributed by atoms with Crippen molar-refractivity contribution in [2.45, 2.75) is 19.8 Å². The first-order chi connectivity index (χ1) is 8.02. The van der Waals surface area contributed by atoms with Crippen molar-refractivity contribution in [2.75, 3.05) is 6.54 Å². The zero-order valence-corrected chi connectivity index (χ0v) is 10.1. The molecule has 0 bridgehead atoms. The third kappa shape index (κ3) is 3.94. The Hall–Kier alpha value is -1.78. The van der Waals surface area contributed by atoms with E-state index in [1.165, 1.54) is 0 Å². The van der Waals surface area contributed by atoms with Gasteiger partial charge in [-0.25, -0.2) is 0 Å². The van der Waals surface area contributed by atoms with Crippen LogP contribution in [-0.2, 0) is 11.8 Å². The van der Waals surface area contributed by atoms with Crippen LogP contribution in [0.5, 0.6) is 0 Å². The van der Waals surface area contributed by atoms with Crippen molar-refractivity contribution in [1.29, 1.82) is 0 Å². The van der Waals surface area contributed by atoms with E-state index < -0.39 is 5.97 Å². The third-order valence-corrected chi connectivity index (χ3v) is 2.70. The van der Waals surface area contributed by atoms with E-state index in [-0.39, 0.29) is 11.8 Å². The van der Waals surface area contributed by atoms with E-state index >= 15 is 0 Å². The number of nitrogens with one attached hydrogen (secondary N) is 1. The highest BCUT2D eigenvalue weighted by atomic mass is 16.4. The number of hydrogen-bond donors (Lipinski definition) is 2. The zero-order chi connectivity index (χ0) is 12.8. The van der Waals surface area contributed by atoms with Crippen LogP contribution in [-0.4, -0.2) is 28.1 Å².